The highest BCUT2D eigenvalue weighted by atomic mass is 35.5. The highest BCUT2D eigenvalue weighted by molar-refractivity contribution is 8.05. The Balaban J connectivity index is 1.79. The maximum absolute atomic E-state index is 12.3. The lowest BCUT2D eigenvalue weighted by Crippen LogP contribution is -2.31. The van der Waals surface area contributed by atoms with E-state index in [2.05, 4.69) is 10.6 Å². The Kier molecular flexibility index (Phi) is 6.01. The Morgan fingerprint density at radius 1 is 1.23 bits per heavy atom. The Labute approximate surface area is 166 Å². The number of nitrogens with one attached hydrogen (secondary N) is 2. The minimum absolute atomic E-state index is 0.137. The van der Waals surface area contributed by atoms with Gasteiger partial charge in [0.1, 0.15) is 5.75 Å². The van der Waals surface area contributed by atoms with E-state index >= 15 is 0 Å². The number of rotatable bonds is 5. The van der Waals surface area contributed by atoms with Crippen LogP contribution in [0.5, 0.6) is 5.75 Å². The lowest BCUT2D eigenvalue weighted by atomic mass is 10.2. The number of hydrogen-bond acceptors (Lipinski definition) is 4. The van der Waals surface area contributed by atoms with Crippen LogP contribution in [0.25, 0.3) is 6.08 Å². The first kappa shape index (κ1) is 19.0. The van der Waals surface area contributed by atoms with Gasteiger partial charge in [-0.1, -0.05) is 35.0 Å². The molecule has 1 atom stereocenters. The van der Waals surface area contributed by atoms with Crippen LogP contribution in [0.15, 0.2) is 41.3 Å². The molecule has 2 aromatic carbocycles. The fourth-order valence-corrected chi connectivity index (χ4v) is 3.93. The van der Waals surface area contributed by atoms with Gasteiger partial charge in [0.15, 0.2) is 5.50 Å². The van der Waals surface area contributed by atoms with Crippen molar-refractivity contribution in [3.05, 3.63) is 62.5 Å². The first-order chi connectivity index (χ1) is 12.5. The first-order valence-electron chi connectivity index (χ1n) is 8.10. The van der Waals surface area contributed by atoms with Crippen molar-refractivity contribution in [2.24, 2.45) is 0 Å². The van der Waals surface area contributed by atoms with Crippen molar-refractivity contribution in [2.75, 3.05) is 11.9 Å². The van der Waals surface area contributed by atoms with Crippen LogP contribution >= 0.6 is 35.0 Å². The van der Waals surface area contributed by atoms with Crippen LogP contribution in [0.4, 0.5) is 5.69 Å². The quantitative estimate of drug-likeness (QED) is 0.658. The van der Waals surface area contributed by atoms with Crippen LogP contribution in [-0.4, -0.2) is 18.0 Å². The number of carbonyl (C=O) groups excluding carboxylic acids is 1. The van der Waals surface area contributed by atoms with Crippen molar-refractivity contribution in [1.29, 1.82) is 0 Å². The van der Waals surface area contributed by atoms with Crippen molar-refractivity contribution in [2.45, 2.75) is 19.3 Å². The lowest BCUT2D eigenvalue weighted by Gasteiger charge is -2.15. The zero-order valence-electron chi connectivity index (χ0n) is 14.3. The molecular formula is C19H18Cl2N2O2S. The molecule has 136 valence electrons. The summed E-state index contributed by atoms with van der Waals surface area (Å²) in [7, 11) is 0. The largest absolute Gasteiger partial charge is 0.493 e. The van der Waals surface area contributed by atoms with Gasteiger partial charge in [-0.2, -0.15) is 0 Å². The number of halogens is 2. The average Bonchev–Trinajstić information content (AvgIpc) is 2.92. The van der Waals surface area contributed by atoms with E-state index in [1.807, 2.05) is 38.1 Å². The number of thioether (sulfide) groups is 1. The zero-order valence-corrected chi connectivity index (χ0v) is 16.6. The summed E-state index contributed by atoms with van der Waals surface area (Å²) in [6, 6.07) is 11.0. The maximum Gasteiger partial charge on any atom is 0.260 e. The van der Waals surface area contributed by atoms with Crippen molar-refractivity contribution in [1.82, 2.24) is 5.32 Å². The summed E-state index contributed by atoms with van der Waals surface area (Å²) in [6.45, 7) is 4.42. The van der Waals surface area contributed by atoms with E-state index < -0.39 is 0 Å². The van der Waals surface area contributed by atoms with Gasteiger partial charge in [0, 0.05) is 21.3 Å². The number of hydrogen-bond donors (Lipinski definition) is 2. The predicted octanol–water partition coefficient (Wildman–Crippen LogP) is 5.30. The molecule has 1 aliphatic heterocycles. The molecule has 26 heavy (non-hydrogen) atoms. The zero-order chi connectivity index (χ0) is 18.7. The molecule has 7 heteroatoms. The highest BCUT2D eigenvalue weighted by Crippen LogP contribution is 2.34. The monoisotopic (exact) mass is 408 g/mol. The summed E-state index contributed by atoms with van der Waals surface area (Å²) in [4.78, 5) is 12.9. The molecule has 0 spiro atoms. The number of aryl methyl sites for hydroxylation is 1. The van der Waals surface area contributed by atoms with E-state index in [4.69, 9.17) is 27.9 Å². The van der Waals surface area contributed by atoms with E-state index in [0.717, 1.165) is 16.8 Å². The number of anilines is 1. The second-order valence-corrected chi connectivity index (χ2v) is 7.72. The van der Waals surface area contributed by atoms with Gasteiger partial charge in [0.25, 0.3) is 5.91 Å². The smallest absolute Gasteiger partial charge is 0.260 e. The molecule has 0 aromatic heterocycles. The standard InChI is InChI=1S/C19H18Cl2N2O2S/c1-3-25-16-7-5-14(21)9-12(16)10-17-18(24)23-19(26-17)22-15-6-4-13(20)8-11(15)2/h4-10,19,22H,3H2,1-2H3,(H,23,24)/b17-10-. The minimum Gasteiger partial charge on any atom is -0.493 e. The highest BCUT2D eigenvalue weighted by Gasteiger charge is 2.27. The number of carbonyl (C=O) groups is 1. The van der Waals surface area contributed by atoms with E-state index in [0.29, 0.717) is 27.3 Å². The van der Waals surface area contributed by atoms with Gasteiger partial charge >= 0.3 is 0 Å². The molecule has 2 N–H and O–H groups in total. The summed E-state index contributed by atoms with van der Waals surface area (Å²) in [5, 5.41) is 7.50. The first-order valence-corrected chi connectivity index (χ1v) is 9.74. The molecule has 1 heterocycles. The molecule has 0 aliphatic carbocycles. The minimum atomic E-state index is -0.261. The van der Waals surface area contributed by atoms with E-state index in [-0.39, 0.29) is 11.4 Å². The van der Waals surface area contributed by atoms with E-state index in [1.165, 1.54) is 11.8 Å². The van der Waals surface area contributed by atoms with Crippen LogP contribution in [0.3, 0.4) is 0 Å². The molecule has 3 rings (SSSR count). The van der Waals surface area contributed by atoms with Gasteiger partial charge in [-0.25, -0.2) is 0 Å². The lowest BCUT2D eigenvalue weighted by molar-refractivity contribution is -0.116. The van der Waals surface area contributed by atoms with E-state index in [9.17, 15) is 4.79 Å². The van der Waals surface area contributed by atoms with Crippen molar-refractivity contribution < 1.29 is 9.53 Å². The third-order valence-corrected chi connectivity index (χ3v) is 5.26. The second-order valence-electron chi connectivity index (χ2n) is 5.70. The van der Waals surface area contributed by atoms with Gasteiger partial charge < -0.3 is 15.4 Å². The molecular weight excluding hydrogens is 391 g/mol. The summed E-state index contributed by atoms with van der Waals surface area (Å²) >= 11 is 13.5. The fraction of sp³-hybridized carbons (Fsp3) is 0.211. The molecule has 1 aliphatic rings. The molecule has 1 unspecified atom stereocenters. The van der Waals surface area contributed by atoms with Crippen LogP contribution in [0.2, 0.25) is 10.0 Å². The Morgan fingerprint density at radius 3 is 2.69 bits per heavy atom. The predicted molar refractivity (Wildman–Crippen MR) is 110 cm³/mol. The van der Waals surface area contributed by atoms with Gasteiger partial charge in [-0.05, 0) is 61.9 Å². The van der Waals surface area contributed by atoms with Gasteiger partial charge in [0.2, 0.25) is 0 Å². The normalized spacial score (nSPS) is 18.1. The van der Waals surface area contributed by atoms with Crippen LogP contribution in [0, 0.1) is 6.92 Å². The van der Waals surface area contributed by atoms with Crippen molar-refractivity contribution in [3.63, 3.8) is 0 Å². The van der Waals surface area contributed by atoms with Gasteiger partial charge in [0.05, 0.1) is 11.5 Å². The molecule has 4 nitrogen and oxygen atoms in total. The molecule has 1 fully saturated rings. The average molecular weight is 409 g/mol. The SMILES string of the molecule is CCOc1ccc(Cl)cc1/C=C1\SC(Nc2ccc(Cl)cc2C)NC1=O. The Morgan fingerprint density at radius 2 is 1.96 bits per heavy atom. The summed E-state index contributed by atoms with van der Waals surface area (Å²) in [6.07, 6.45) is 1.80. The van der Waals surface area contributed by atoms with E-state index in [1.54, 1.807) is 18.2 Å². The van der Waals surface area contributed by atoms with Crippen molar-refractivity contribution in [3.8, 4) is 5.75 Å². The topological polar surface area (TPSA) is 50.4 Å². The molecule has 0 bridgehead atoms. The fourth-order valence-electron chi connectivity index (χ4n) is 2.56. The summed E-state index contributed by atoms with van der Waals surface area (Å²) in [5.74, 6) is 0.560. The van der Waals surface area contributed by atoms with Crippen LogP contribution in [0.1, 0.15) is 18.1 Å². The Hall–Kier alpha value is -1.82. The Bertz CT molecular complexity index is 871. The maximum atomic E-state index is 12.3. The van der Waals surface area contributed by atoms with Gasteiger partial charge in [-0.3, -0.25) is 4.79 Å². The molecule has 1 saturated heterocycles. The van der Waals surface area contributed by atoms with Gasteiger partial charge in [-0.15, -0.1) is 0 Å². The number of amides is 1. The molecule has 1 amide bonds. The summed E-state index contributed by atoms with van der Waals surface area (Å²) < 4.78 is 5.61. The summed E-state index contributed by atoms with van der Waals surface area (Å²) in [5.41, 5.74) is 2.45. The molecule has 0 saturated carbocycles. The third kappa shape index (κ3) is 4.47. The third-order valence-electron chi connectivity index (χ3n) is 3.76. The number of benzene rings is 2. The van der Waals surface area contributed by atoms with Crippen LogP contribution in [-0.2, 0) is 4.79 Å². The van der Waals surface area contributed by atoms with Crippen LogP contribution < -0.4 is 15.4 Å². The molecule has 0 radical (unpaired) electrons. The number of ether oxygens (including phenoxy) is 1. The van der Waals surface area contributed by atoms with Crippen molar-refractivity contribution >= 4 is 52.6 Å². The molecule has 2 aromatic rings. The second kappa shape index (κ2) is 8.25.